The Morgan fingerprint density at radius 3 is 2.89 bits per heavy atom. The maximum atomic E-state index is 4.62. The van der Waals surface area contributed by atoms with Crippen molar-refractivity contribution in [2.24, 2.45) is 10.9 Å². The highest BCUT2D eigenvalue weighted by molar-refractivity contribution is 6.09. The van der Waals surface area contributed by atoms with Gasteiger partial charge in [-0.3, -0.25) is 14.4 Å². The second kappa shape index (κ2) is 7.92. The first-order chi connectivity index (χ1) is 13.7. The molecule has 2 atom stereocenters. The number of hydrogen-bond donors (Lipinski definition) is 1. The lowest BCUT2D eigenvalue weighted by molar-refractivity contribution is 0.592. The van der Waals surface area contributed by atoms with Crippen molar-refractivity contribution in [2.75, 3.05) is 12.4 Å². The summed E-state index contributed by atoms with van der Waals surface area (Å²) in [6.07, 6.45) is 15.1. The number of fused-ring (bicyclic) bond motifs is 1. The maximum absolute atomic E-state index is 4.62. The Balaban J connectivity index is 1.65. The SMILES string of the molecule is C/C=C(\C=NC)c1cnc2c(Nc3ccnc(C4CC[C@@H](C)C4)c3)nccn12. The number of pyridine rings is 1. The molecule has 3 heterocycles. The monoisotopic (exact) mass is 374 g/mol. The molecule has 0 aliphatic heterocycles. The molecule has 0 radical (unpaired) electrons. The molecule has 1 fully saturated rings. The van der Waals surface area contributed by atoms with Crippen molar-refractivity contribution in [2.45, 2.75) is 39.0 Å². The van der Waals surface area contributed by atoms with Gasteiger partial charge in [0.25, 0.3) is 0 Å². The first kappa shape index (κ1) is 18.3. The van der Waals surface area contributed by atoms with Crippen LogP contribution in [0, 0.1) is 5.92 Å². The van der Waals surface area contributed by atoms with E-state index in [-0.39, 0.29) is 0 Å². The molecule has 0 aromatic carbocycles. The number of anilines is 2. The molecular weight excluding hydrogens is 348 g/mol. The Kier molecular flexibility index (Phi) is 5.19. The first-order valence-electron chi connectivity index (χ1n) is 9.83. The van der Waals surface area contributed by atoms with Crippen LogP contribution in [0.1, 0.15) is 50.4 Å². The molecule has 6 nitrogen and oxygen atoms in total. The van der Waals surface area contributed by atoms with Crippen LogP contribution in [0.5, 0.6) is 0 Å². The van der Waals surface area contributed by atoms with Crippen LogP contribution in [0.4, 0.5) is 11.5 Å². The van der Waals surface area contributed by atoms with Crippen LogP contribution in [0.2, 0.25) is 0 Å². The second-order valence-corrected chi connectivity index (χ2v) is 7.45. The van der Waals surface area contributed by atoms with Crippen molar-refractivity contribution >= 4 is 28.9 Å². The van der Waals surface area contributed by atoms with Crippen molar-refractivity contribution in [3.63, 3.8) is 0 Å². The molecule has 3 aromatic rings. The van der Waals surface area contributed by atoms with Gasteiger partial charge in [-0.25, -0.2) is 9.97 Å². The van der Waals surface area contributed by atoms with Gasteiger partial charge in [-0.15, -0.1) is 0 Å². The molecule has 0 spiro atoms. The van der Waals surface area contributed by atoms with Gasteiger partial charge in [-0.1, -0.05) is 19.4 Å². The number of nitrogens with zero attached hydrogens (tertiary/aromatic N) is 5. The number of aromatic nitrogens is 4. The molecule has 1 saturated carbocycles. The number of hydrogen-bond acceptors (Lipinski definition) is 5. The maximum Gasteiger partial charge on any atom is 0.180 e. The van der Waals surface area contributed by atoms with Gasteiger partial charge < -0.3 is 5.32 Å². The minimum absolute atomic E-state index is 0.559. The van der Waals surface area contributed by atoms with Gasteiger partial charge in [0.1, 0.15) is 0 Å². The molecule has 0 bridgehead atoms. The number of allylic oxidation sites excluding steroid dienone is 2. The third-order valence-electron chi connectivity index (χ3n) is 5.46. The summed E-state index contributed by atoms with van der Waals surface area (Å²) in [6.45, 7) is 4.32. The number of nitrogens with one attached hydrogen (secondary N) is 1. The van der Waals surface area contributed by atoms with Crippen molar-refractivity contribution in [1.29, 1.82) is 0 Å². The molecular formula is C22H26N6. The summed E-state index contributed by atoms with van der Waals surface area (Å²) in [5, 5.41) is 3.44. The minimum Gasteiger partial charge on any atom is -0.337 e. The van der Waals surface area contributed by atoms with E-state index in [1.807, 2.05) is 48.3 Å². The van der Waals surface area contributed by atoms with E-state index < -0.39 is 0 Å². The number of rotatable bonds is 5. The highest BCUT2D eigenvalue weighted by Gasteiger charge is 2.24. The van der Waals surface area contributed by atoms with Crippen LogP contribution < -0.4 is 5.32 Å². The molecule has 0 amide bonds. The first-order valence-corrected chi connectivity index (χ1v) is 9.83. The molecule has 6 heteroatoms. The third-order valence-corrected chi connectivity index (χ3v) is 5.46. The highest BCUT2D eigenvalue weighted by atomic mass is 15.1. The molecule has 1 N–H and O–H groups in total. The van der Waals surface area contributed by atoms with Crippen LogP contribution in [0.15, 0.2) is 48.0 Å². The number of aliphatic imine (C=N–C) groups is 1. The zero-order valence-corrected chi connectivity index (χ0v) is 16.6. The Morgan fingerprint density at radius 2 is 2.14 bits per heavy atom. The summed E-state index contributed by atoms with van der Waals surface area (Å²) in [6, 6.07) is 4.14. The summed E-state index contributed by atoms with van der Waals surface area (Å²) < 4.78 is 2.03. The molecule has 1 aliphatic rings. The van der Waals surface area contributed by atoms with Gasteiger partial charge in [0.2, 0.25) is 0 Å². The van der Waals surface area contributed by atoms with Crippen molar-refractivity contribution in [3.05, 3.63) is 54.4 Å². The van der Waals surface area contributed by atoms with E-state index in [4.69, 9.17) is 0 Å². The Labute approximate surface area is 165 Å². The fourth-order valence-corrected chi connectivity index (χ4v) is 4.01. The van der Waals surface area contributed by atoms with Gasteiger partial charge in [0.05, 0.1) is 11.9 Å². The van der Waals surface area contributed by atoms with Gasteiger partial charge in [-0.05, 0) is 37.8 Å². The van der Waals surface area contributed by atoms with Gasteiger partial charge in [0.15, 0.2) is 11.5 Å². The van der Waals surface area contributed by atoms with E-state index in [0.29, 0.717) is 5.92 Å². The fraction of sp³-hybridized carbons (Fsp3) is 0.364. The fourth-order valence-electron chi connectivity index (χ4n) is 4.01. The average Bonchev–Trinajstić information content (AvgIpc) is 3.33. The van der Waals surface area contributed by atoms with Crippen LogP contribution in [0.25, 0.3) is 11.2 Å². The molecule has 0 saturated heterocycles. The van der Waals surface area contributed by atoms with E-state index in [9.17, 15) is 0 Å². The van der Waals surface area contributed by atoms with Crippen LogP contribution in [-0.2, 0) is 0 Å². The predicted molar refractivity (Wildman–Crippen MR) is 114 cm³/mol. The van der Waals surface area contributed by atoms with Crippen molar-refractivity contribution in [3.8, 4) is 0 Å². The van der Waals surface area contributed by atoms with Gasteiger partial charge in [-0.2, -0.15) is 0 Å². The van der Waals surface area contributed by atoms with E-state index >= 15 is 0 Å². The quantitative estimate of drug-likeness (QED) is 0.647. The van der Waals surface area contributed by atoms with E-state index in [0.717, 1.165) is 34.3 Å². The summed E-state index contributed by atoms with van der Waals surface area (Å²) in [5.41, 5.74) is 4.96. The lowest BCUT2D eigenvalue weighted by Gasteiger charge is -2.12. The highest BCUT2D eigenvalue weighted by Crippen LogP contribution is 2.37. The standard InChI is InChI=1S/C22H26N6/c1-4-16(13-23-3)20-14-26-22-21(25-9-10-28(20)22)27-18-7-8-24-19(12-18)17-6-5-15(2)11-17/h4,7-10,12-15,17H,5-6,11H2,1-3H3,(H,24,25,27)/b16-4+,23-13?/t15-,17?/m1/s1. The molecule has 1 aliphatic carbocycles. The lowest BCUT2D eigenvalue weighted by Crippen LogP contribution is -2.02. The second-order valence-electron chi connectivity index (χ2n) is 7.45. The molecule has 4 rings (SSSR count). The Morgan fingerprint density at radius 1 is 1.25 bits per heavy atom. The van der Waals surface area contributed by atoms with E-state index in [2.05, 4.69) is 38.3 Å². The Bertz CT molecular complexity index is 1030. The summed E-state index contributed by atoms with van der Waals surface area (Å²) in [7, 11) is 1.77. The van der Waals surface area contributed by atoms with E-state index in [1.165, 1.54) is 25.0 Å². The minimum atomic E-state index is 0.559. The number of imidazole rings is 1. The lowest BCUT2D eigenvalue weighted by atomic mass is 10.0. The molecule has 28 heavy (non-hydrogen) atoms. The van der Waals surface area contributed by atoms with Crippen LogP contribution in [-0.4, -0.2) is 32.6 Å². The van der Waals surface area contributed by atoms with Crippen molar-refractivity contribution in [1.82, 2.24) is 19.4 Å². The Hall–Kier alpha value is -3.02. The largest absolute Gasteiger partial charge is 0.337 e. The molecule has 3 aromatic heterocycles. The van der Waals surface area contributed by atoms with Gasteiger partial charge in [0, 0.05) is 54.7 Å². The summed E-state index contributed by atoms with van der Waals surface area (Å²) in [4.78, 5) is 17.9. The summed E-state index contributed by atoms with van der Waals surface area (Å²) >= 11 is 0. The van der Waals surface area contributed by atoms with Crippen LogP contribution >= 0.6 is 0 Å². The van der Waals surface area contributed by atoms with Crippen LogP contribution in [0.3, 0.4) is 0 Å². The topological polar surface area (TPSA) is 67.5 Å². The average molecular weight is 374 g/mol. The zero-order chi connectivity index (χ0) is 19.5. The predicted octanol–water partition coefficient (Wildman–Crippen LogP) is 4.88. The smallest absolute Gasteiger partial charge is 0.180 e. The normalized spacial score (nSPS) is 20.3. The third kappa shape index (κ3) is 3.54. The van der Waals surface area contributed by atoms with Crippen molar-refractivity contribution < 1.29 is 0 Å². The summed E-state index contributed by atoms with van der Waals surface area (Å²) in [5.74, 6) is 2.08. The zero-order valence-electron chi connectivity index (χ0n) is 16.6. The van der Waals surface area contributed by atoms with E-state index in [1.54, 1.807) is 13.2 Å². The molecule has 1 unspecified atom stereocenters. The van der Waals surface area contributed by atoms with Gasteiger partial charge >= 0.3 is 0 Å². The molecule has 144 valence electrons.